The second-order valence-corrected chi connectivity index (χ2v) is 6.35. The number of hydrogen-bond donors (Lipinski definition) is 2. The Labute approximate surface area is 156 Å². The molecule has 0 fully saturated rings. The van der Waals surface area contributed by atoms with Crippen molar-refractivity contribution in [3.8, 4) is 5.75 Å². The molecule has 2 rings (SSSR count). The van der Waals surface area contributed by atoms with Gasteiger partial charge >= 0.3 is 0 Å². The second kappa shape index (κ2) is 8.74. The summed E-state index contributed by atoms with van der Waals surface area (Å²) in [5, 5.41) is 5.82. The van der Waals surface area contributed by atoms with Gasteiger partial charge in [0, 0.05) is 0 Å². The summed E-state index contributed by atoms with van der Waals surface area (Å²) < 4.78 is 5.63. The summed E-state index contributed by atoms with van der Waals surface area (Å²) in [5.41, 5.74) is 0.789. The molecule has 0 atom stereocenters. The zero-order valence-corrected chi connectivity index (χ0v) is 15.3. The van der Waals surface area contributed by atoms with Crippen LogP contribution in [0.5, 0.6) is 5.75 Å². The number of amides is 2. The number of carbonyl (C=O) groups is 2. The van der Waals surface area contributed by atoms with Crippen LogP contribution in [0.25, 0.3) is 0 Å². The summed E-state index contributed by atoms with van der Waals surface area (Å²) in [6, 6.07) is 11.9. The Kier molecular flexibility index (Phi) is 6.67. The van der Waals surface area contributed by atoms with Gasteiger partial charge < -0.3 is 15.4 Å². The maximum atomic E-state index is 12.1. The first-order valence-corrected chi connectivity index (χ1v) is 8.42. The molecule has 2 aromatic rings. The topological polar surface area (TPSA) is 67.4 Å². The van der Waals surface area contributed by atoms with E-state index in [4.69, 9.17) is 27.9 Å². The Balaban J connectivity index is 2.00. The number of halogens is 2. The Morgan fingerprint density at radius 1 is 0.960 bits per heavy atom. The van der Waals surface area contributed by atoms with E-state index in [1.165, 1.54) is 0 Å². The van der Waals surface area contributed by atoms with Gasteiger partial charge in [0.25, 0.3) is 0 Å². The third-order valence-corrected chi connectivity index (χ3v) is 3.70. The zero-order valence-electron chi connectivity index (χ0n) is 13.8. The molecule has 0 saturated carbocycles. The van der Waals surface area contributed by atoms with Gasteiger partial charge in [-0.2, -0.15) is 0 Å². The van der Waals surface area contributed by atoms with E-state index in [0.29, 0.717) is 21.5 Å². The lowest BCUT2D eigenvalue weighted by Crippen LogP contribution is -2.22. The molecule has 0 saturated heterocycles. The lowest BCUT2D eigenvalue weighted by molar-refractivity contribution is -0.123. The number of hydrogen-bond acceptors (Lipinski definition) is 3. The summed E-state index contributed by atoms with van der Waals surface area (Å²) in [6.07, 6.45) is -0.416. The van der Waals surface area contributed by atoms with Gasteiger partial charge in [-0.05, 0) is 38.1 Å². The van der Waals surface area contributed by atoms with E-state index in [0.717, 1.165) is 0 Å². The number of nitrogens with one attached hydrogen (secondary N) is 2. The minimum absolute atomic E-state index is 0.0382. The van der Waals surface area contributed by atoms with Crippen LogP contribution in [0.1, 0.15) is 20.3 Å². The zero-order chi connectivity index (χ0) is 18.4. The molecule has 0 aliphatic rings. The van der Waals surface area contributed by atoms with E-state index in [2.05, 4.69) is 10.6 Å². The van der Waals surface area contributed by atoms with Crippen molar-refractivity contribution in [3.05, 3.63) is 52.5 Å². The molecule has 0 aromatic heterocycles. The summed E-state index contributed by atoms with van der Waals surface area (Å²) in [4.78, 5) is 24.2. The molecule has 0 unspecified atom stereocenters. The van der Waals surface area contributed by atoms with Crippen LogP contribution < -0.4 is 15.4 Å². The van der Waals surface area contributed by atoms with Crippen molar-refractivity contribution in [1.82, 2.24) is 0 Å². The highest BCUT2D eigenvalue weighted by molar-refractivity contribution is 6.39. The minimum Gasteiger partial charge on any atom is -0.489 e. The molecule has 0 heterocycles. The van der Waals surface area contributed by atoms with Crippen molar-refractivity contribution < 1.29 is 14.3 Å². The van der Waals surface area contributed by atoms with Gasteiger partial charge in [-0.25, -0.2) is 0 Å². The van der Waals surface area contributed by atoms with Crippen LogP contribution in [-0.2, 0) is 9.59 Å². The predicted molar refractivity (Wildman–Crippen MR) is 101 cm³/mol. The maximum absolute atomic E-state index is 12.1. The van der Waals surface area contributed by atoms with E-state index in [1.54, 1.807) is 42.5 Å². The highest BCUT2D eigenvalue weighted by Gasteiger charge is 2.15. The molecule has 5 nitrogen and oxygen atoms in total. The van der Waals surface area contributed by atoms with Crippen LogP contribution >= 0.6 is 23.2 Å². The first kappa shape index (κ1) is 19.1. The van der Waals surface area contributed by atoms with Gasteiger partial charge in [0.15, 0.2) is 0 Å². The monoisotopic (exact) mass is 380 g/mol. The molecule has 0 bridgehead atoms. The Bertz CT molecular complexity index is 758. The van der Waals surface area contributed by atoms with Gasteiger partial charge in [0.05, 0.1) is 27.5 Å². The number of anilines is 2. The van der Waals surface area contributed by atoms with Crippen LogP contribution in [0.15, 0.2) is 42.5 Å². The molecule has 0 aliphatic heterocycles. The lowest BCUT2D eigenvalue weighted by atomic mass is 10.2. The molecule has 7 heteroatoms. The van der Waals surface area contributed by atoms with E-state index in [1.807, 2.05) is 13.8 Å². The van der Waals surface area contributed by atoms with Crippen LogP contribution in [-0.4, -0.2) is 17.9 Å². The summed E-state index contributed by atoms with van der Waals surface area (Å²) in [7, 11) is 0. The fraction of sp³-hybridized carbons (Fsp3) is 0.222. The first-order valence-electron chi connectivity index (χ1n) is 7.66. The van der Waals surface area contributed by atoms with Crippen molar-refractivity contribution in [1.29, 1.82) is 0 Å². The van der Waals surface area contributed by atoms with Gasteiger partial charge in [0.1, 0.15) is 12.2 Å². The summed E-state index contributed by atoms with van der Waals surface area (Å²) in [6.45, 7) is 3.78. The van der Waals surface area contributed by atoms with Gasteiger partial charge in [0.2, 0.25) is 11.8 Å². The third-order valence-electron chi connectivity index (χ3n) is 3.07. The highest BCUT2D eigenvalue weighted by atomic mass is 35.5. The van der Waals surface area contributed by atoms with Crippen molar-refractivity contribution in [2.24, 2.45) is 0 Å². The van der Waals surface area contributed by atoms with Gasteiger partial charge in [-0.15, -0.1) is 0 Å². The van der Waals surface area contributed by atoms with Crippen molar-refractivity contribution in [3.63, 3.8) is 0 Å². The fourth-order valence-corrected chi connectivity index (χ4v) is 2.56. The van der Waals surface area contributed by atoms with E-state index in [9.17, 15) is 9.59 Å². The minimum atomic E-state index is -0.519. The van der Waals surface area contributed by atoms with E-state index < -0.39 is 11.8 Å². The standard InChI is InChI=1S/C18H18Cl2N2O3/c1-11(2)25-15-9-4-3-8-14(15)21-16(23)10-17(24)22-18-12(19)6-5-7-13(18)20/h3-9,11H,10H2,1-2H3,(H,21,23)(H,22,24). The average molecular weight is 381 g/mol. The first-order chi connectivity index (χ1) is 11.9. The largest absolute Gasteiger partial charge is 0.489 e. The highest BCUT2D eigenvalue weighted by Crippen LogP contribution is 2.30. The molecule has 0 spiro atoms. The number of benzene rings is 2. The van der Waals surface area contributed by atoms with Gasteiger partial charge in [-0.3, -0.25) is 9.59 Å². The molecule has 2 N–H and O–H groups in total. The average Bonchev–Trinajstić information content (AvgIpc) is 2.52. The Hall–Kier alpha value is -2.24. The van der Waals surface area contributed by atoms with E-state index >= 15 is 0 Å². The maximum Gasteiger partial charge on any atom is 0.233 e. The molecular formula is C18H18Cl2N2O3. The lowest BCUT2D eigenvalue weighted by Gasteiger charge is -2.15. The van der Waals surface area contributed by atoms with Crippen LogP contribution in [0.2, 0.25) is 10.0 Å². The molecular weight excluding hydrogens is 363 g/mol. The van der Waals surface area contributed by atoms with Crippen LogP contribution in [0.3, 0.4) is 0 Å². The van der Waals surface area contributed by atoms with E-state index in [-0.39, 0.29) is 18.2 Å². The number of carbonyl (C=O) groups excluding carboxylic acids is 2. The van der Waals surface area contributed by atoms with Crippen LogP contribution in [0.4, 0.5) is 11.4 Å². The Morgan fingerprint density at radius 3 is 2.20 bits per heavy atom. The predicted octanol–water partition coefficient (Wildman–Crippen LogP) is 4.75. The molecule has 0 aliphatic carbocycles. The van der Waals surface area contributed by atoms with Crippen molar-refractivity contribution in [2.45, 2.75) is 26.4 Å². The Morgan fingerprint density at radius 2 is 1.56 bits per heavy atom. The summed E-state index contributed by atoms with van der Waals surface area (Å²) >= 11 is 12.0. The summed E-state index contributed by atoms with van der Waals surface area (Å²) in [5.74, 6) is -0.448. The molecule has 2 aromatic carbocycles. The fourth-order valence-electron chi connectivity index (χ4n) is 2.07. The molecule has 2 amide bonds. The molecule has 25 heavy (non-hydrogen) atoms. The van der Waals surface area contributed by atoms with Crippen molar-refractivity contribution in [2.75, 3.05) is 10.6 Å². The SMILES string of the molecule is CC(C)Oc1ccccc1NC(=O)CC(=O)Nc1c(Cl)cccc1Cl. The smallest absolute Gasteiger partial charge is 0.233 e. The quantitative estimate of drug-likeness (QED) is 0.710. The normalized spacial score (nSPS) is 10.4. The number of ether oxygens (including phenoxy) is 1. The number of para-hydroxylation sites is 3. The third kappa shape index (κ3) is 5.66. The van der Waals surface area contributed by atoms with Crippen molar-refractivity contribution >= 4 is 46.4 Å². The second-order valence-electron chi connectivity index (χ2n) is 5.53. The molecule has 0 radical (unpaired) electrons. The number of rotatable bonds is 6. The van der Waals surface area contributed by atoms with Gasteiger partial charge in [-0.1, -0.05) is 41.4 Å². The molecule has 132 valence electrons. The van der Waals surface area contributed by atoms with Crippen LogP contribution in [0, 0.1) is 0 Å².